The summed E-state index contributed by atoms with van der Waals surface area (Å²) in [6.45, 7) is 1.53. The van der Waals surface area contributed by atoms with Crippen LogP contribution in [0.15, 0.2) is 24.4 Å². The van der Waals surface area contributed by atoms with Crippen molar-refractivity contribution in [2.24, 2.45) is 7.05 Å². The molecule has 2 aromatic rings. The topological polar surface area (TPSA) is 59.0 Å². The number of carbonyl (C=O) groups excluding carboxylic acids is 1. The Morgan fingerprint density at radius 2 is 1.95 bits per heavy atom. The Balaban J connectivity index is 2.05. The van der Waals surface area contributed by atoms with Crippen molar-refractivity contribution in [3.8, 4) is 0 Å². The van der Waals surface area contributed by atoms with Crippen LogP contribution in [0.25, 0.3) is 0 Å². The summed E-state index contributed by atoms with van der Waals surface area (Å²) in [5.74, 6) is -4.52. The Hall–Kier alpha value is -2.51. The van der Waals surface area contributed by atoms with E-state index in [1.54, 1.807) is 24.0 Å². The predicted molar refractivity (Wildman–Crippen MR) is 71.2 cm³/mol. The van der Waals surface area contributed by atoms with Crippen molar-refractivity contribution in [1.82, 2.24) is 9.78 Å². The Kier molecular flexibility index (Phi) is 4.15. The van der Waals surface area contributed by atoms with E-state index in [9.17, 15) is 18.0 Å². The van der Waals surface area contributed by atoms with Gasteiger partial charge in [0, 0.05) is 19.3 Å². The highest BCUT2D eigenvalue weighted by Gasteiger charge is 2.18. The fraction of sp³-hybridized carbons (Fsp3) is 0.231. The summed E-state index contributed by atoms with van der Waals surface area (Å²) in [5, 5.41) is 9.01. The van der Waals surface area contributed by atoms with Crippen molar-refractivity contribution >= 4 is 17.4 Å². The van der Waals surface area contributed by atoms with E-state index in [0.717, 1.165) is 12.1 Å². The van der Waals surface area contributed by atoms with E-state index < -0.39 is 35.1 Å². The van der Waals surface area contributed by atoms with E-state index in [1.165, 1.54) is 6.92 Å². The second-order valence-corrected chi connectivity index (χ2v) is 4.45. The lowest BCUT2D eigenvalue weighted by Crippen LogP contribution is -2.32. The molecule has 0 saturated carbocycles. The molecule has 0 aliphatic rings. The number of amides is 1. The van der Waals surface area contributed by atoms with Gasteiger partial charge in [-0.1, -0.05) is 0 Å². The summed E-state index contributed by atoms with van der Waals surface area (Å²) >= 11 is 0. The summed E-state index contributed by atoms with van der Waals surface area (Å²) in [6, 6.07) is 2.61. The molecular formula is C13H13F3N4O. The second kappa shape index (κ2) is 5.86. The SMILES string of the molecule is CC(Nc1ccn(C)n1)C(=O)Nc1ccc(F)c(F)c1F. The van der Waals surface area contributed by atoms with Gasteiger partial charge in [0.2, 0.25) is 5.91 Å². The molecule has 1 heterocycles. The van der Waals surface area contributed by atoms with Crippen molar-refractivity contribution in [2.75, 3.05) is 10.6 Å². The van der Waals surface area contributed by atoms with Gasteiger partial charge in [-0.25, -0.2) is 13.2 Å². The fourth-order valence-corrected chi connectivity index (χ4v) is 1.64. The highest BCUT2D eigenvalue weighted by Crippen LogP contribution is 2.19. The van der Waals surface area contributed by atoms with Crippen LogP contribution in [0.5, 0.6) is 0 Å². The third-order valence-corrected chi connectivity index (χ3v) is 2.76. The highest BCUT2D eigenvalue weighted by atomic mass is 19.2. The largest absolute Gasteiger partial charge is 0.357 e. The minimum atomic E-state index is -1.63. The average molecular weight is 298 g/mol. The zero-order valence-corrected chi connectivity index (χ0v) is 11.3. The van der Waals surface area contributed by atoms with Gasteiger partial charge in [-0.2, -0.15) is 5.10 Å². The van der Waals surface area contributed by atoms with Gasteiger partial charge in [-0.05, 0) is 19.1 Å². The fourth-order valence-electron chi connectivity index (χ4n) is 1.64. The van der Waals surface area contributed by atoms with E-state index in [2.05, 4.69) is 15.7 Å². The third-order valence-electron chi connectivity index (χ3n) is 2.76. The Bertz CT molecular complexity index is 671. The number of benzene rings is 1. The van der Waals surface area contributed by atoms with Crippen LogP contribution in [0.2, 0.25) is 0 Å². The van der Waals surface area contributed by atoms with E-state index in [-0.39, 0.29) is 0 Å². The van der Waals surface area contributed by atoms with Crippen molar-refractivity contribution in [2.45, 2.75) is 13.0 Å². The molecule has 1 aromatic carbocycles. The minimum absolute atomic E-state index is 0.423. The number of aryl methyl sites for hydroxylation is 1. The number of nitrogens with one attached hydrogen (secondary N) is 2. The molecule has 0 saturated heterocycles. The number of aromatic nitrogens is 2. The Labute approximate surface area is 118 Å². The van der Waals surface area contributed by atoms with E-state index in [0.29, 0.717) is 5.82 Å². The second-order valence-electron chi connectivity index (χ2n) is 4.45. The highest BCUT2D eigenvalue weighted by molar-refractivity contribution is 5.96. The number of nitrogens with zero attached hydrogens (tertiary/aromatic N) is 2. The monoisotopic (exact) mass is 298 g/mol. The van der Waals surface area contributed by atoms with Crippen molar-refractivity contribution in [1.29, 1.82) is 0 Å². The van der Waals surface area contributed by atoms with Gasteiger partial charge in [-0.3, -0.25) is 9.48 Å². The molecule has 8 heteroatoms. The molecule has 5 nitrogen and oxygen atoms in total. The third kappa shape index (κ3) is 3.33. The normalized spacial score (nSPS) is 12.0. The molecule has 0 aliphatic carbocycles. The van der Waals surface area contributed by atoms with Gasteiger partial charge in [0.15, 0.2) is 17.5 Å². The quantitative estimate of drug-likeness (QED) is 0.851. The first-order valence-electron chi connectivity index (χ1n) is 6.09. The molecule has 1 atom stereocenters. The van der Waals surface area contributed by atoms with Crippen molar-refractivity contribution in [3.05, 3.63) is 41.8 Å². The number of carbonyl (C=O) groups is 1. The summed E-state index contributed by atoms with van der Waals surface area (Å²) in [4.78, 5) is 11.9. The molecule has 2 rings (SSSR count). The minimum Gasteiger partial charge on any atom is -0.357 e. The number of hydrogen-bond acceptors (Lipinski definition) is 3. The molecule has 112 valence electrons. The summed E-state index contributed by atoms with van der Waals surface area (Å²) < 4.78 is 40.9. The van der Waals surface area contributed by atoms with Crippen molar-refractivity contribution < 1.29 is 18.0 Å². The summed E-state index contributed by atoms with van der Waals surface area (Å²) in [7, 11) is 1.71. The lowest BCUT2D eigenvalue weighted by molar-refractivity contribution is -0.116. The maximum absolute atomic E-state index is 13.5. The smallest absolute Gasteiger partial charge is 0.246 e. The van der Waals surface area contributed by atoms with Crippen LogP contribution in [0.4, 0.5) is 24.7 Å². The molecule has 1 unspecified atom stereocenters. The lowest BCUT2D eigenvalue weighted by Gasteiger charge is -2.14. The lowest BCUT2D eigenvalue weighted by atomic mass is 10.2. The first kappa shape index (κ1) is 14.9. The van der Waals surface area contributed by atoms with Gasteiger partial charge in [-0.15, -0.1) is 0 Å². The van der Waals surface area contributed by atoms with Crippen LogP contribution in [0, 0.1) is 17.5 Å². The average Bonchev–Trinajstić information content (AvgIpc) is 2.84. The molecular weight excluding hydrogens is 285 g/mol. The van der Waals surface area contributed by atoms with Crippen LogP contribution in [-0.2, 0) is 11.8 Å². The van der Waals surface area contributed by atoms with E-state index in [1.807, 2.05) is 0 Å². The first-order chi connectivity index (χ1) is 9.88. The zero-order valence-electron chi connectivity index (χ0n) is 11.3. The molecule has 2 N–H and O–H groups in total. The molecule has 0 fully saturated rings. The van der Waals surface area contributed by atoms with Gasteiger partial charge >= 0.3 is 0 Å². The number of halogens is 3. The van der Waals surface area contributed by atoms with Crippen LogP contribution >= 0.6 is 0 Å². The predicted octanol–water partition coefficient (Wildman–Crippen LogP) is 2.28. The maximum Gasteiger partial charge on any atom is 0.246 e. The standard InChI is InChI=1S/C13H13F3N4O/c1-7(17-10-5-6-20(2)19-10)13(21)18-9-4-3-8(14)11(15)12(9)16/h3-7H,1-2H3,(H,17,19)(H,18,21). The van der Waals surface area contributed by atoms with Crippen LogP contribution in [-0.4, -0.2) is 21.7 Å². The van der Waals surface area contributed by atoms with Gasteiger partial charge in [0.25, 0.3) is 0 Å². The Morgan fingerprint density at radius 3 is 2.57 bits per heavy atom. The van der Waals surface area contributed by atoms with Crippen LogP contribution in [0.3, 0.4) is 0 Å². The van der Waals surface area contributed by atoms with Gasteiger partial charge in [0.05, 0.1) is 5.69 Å². The number of anilines is 2. The van der Waals surface area contributed by atoms with Crippen LogP contribution in [0.1, 0.15) is 6.92 Å². The molecule has 21 heavy (non-hydrogen) atoms. The molecule has 0 bridgehead atoms. The number of rotatable bonds is 4. The van der Waals surface area contributed by atoms with E-state index in [4.69, 9.17) is 0 Å². The molecule has 1 aromatic heterocycles. The Morgan fingerprint density at radius 1 is 1.24 bits per heavy atom. The van der Waals surface area contributed by atoms with Gasteiger partial charge < -0.3 is 10.6 Å². The molecule has 0 aliphatic heterocycles. The number of hydrogen-bond donors (Lipinski definition) is 2. The van der Waals surface area contributed by atoms with E-state index >= 15 is 0 Å². The van der Waals surface area contributed by atoms with Crippen LogP contribution < -0.4 is 10.6 Å². The molecule has 1 amide bonds. The van der Waals surface area contributed by atoms with Gasteiger partial charge in [0.1, 0.15) is 11.9 Å². The zero-order chi connectivity index (χ0) is 15.6. The maximum atomic E-state index is 13.5. The summed E-state index contributed by atoms with van der Waals surface area (Å²) in [5.41, 5.74) is -0.423. The summed E-state index contributed by atoms with van der Waals surface area (Å²) in [6.07, 6.45) is 1.68. The molecule has 0 spiro atoms. The first-order valence-corrected chi connectivity index (χ1v) is 6.09. The molecule has 0 radical (unpaired) electrons. The van der Waals surface area contributed by atoms with Crippen molar-refractivity contribution in [3.63, 3.8) is 0 Å².